The summed E-state index contributed by atoms with van der Waals surface area (Å²) >= 11 is 0. The summed E-state index contributed by atoms with van der Waals surface area (Å²) in [4.78, 5) is 4.64. The zero-order chi connectivity index (χ0) is 14.3. The van der Waals surface area contributed by atoms with Crippen molar-refractivity contribution in [1.82, 2.24) is 9.55 Å². The van der Waals surface area contributed by atoms with Crippen LogP contribution >= 0.6 is 0 Å². The van der Waals surface area contributed by atoms with Crippen molar-refractivity contribution in [2.24, 2.45) is 0 Å². The van der Waals surface area contributed by atoms with Crippen molar-refractivity contribution in [3.8, 4) is 17.7 Å². The van der Waals surface area contributed by atoms with Crippen LogP contribution in [0.25, 0.3) is 22.6 Å². The lowest BCUT2D eigenvalue weighted by Gasteiger charge is -2.11. The number of nitriles is 1. The van der Waals surface area contributed by atoms with Crippen LogP contribution < -0.4 is 0 Å². The van der Waals surface area contributed by atoms with Gasteiger partial charge in [0, 0.05) is 6.04 Å². The summed E-state index contributed by atoms with van der Waals surface area (Å²) in [6.45, 7) is 6.14. The number of fused-ring (bicyclic) bond motifs is 1. The molecule has 0 bridgehead atoms. The van der Waals surface area contributed by atoms with Crippen LogP contribution in [-0.4, -0.2) is 9.55 Å². The van der Waals surface area contributed by atoms with Gasteiger partial charge in [-0.05, 0) is 51.1 Å². The number of rotatable bonds is 2. The standard InChI is InChI=1S/C16H15N3O/c1-10(2)19-14-6-5-12(9-17)8-13(14)18-16(19)15-7-4-11(3)20-15/h4-8,10H,1-3H3. The fourth-order valence-corrected chi connectivity index (χ4v) is 2.42. The first kappa shape index (κ1) is 12.5. The molecule has 20 heavy (non-hydrogen) atoms. The van der Waals surface area contributed by atoms with Crippen LogP contribution in [-0.2, 0) is 0 Å². The number of aromatic nitrogens is 2. The van der Waals surface area contributed by atoms with Crippen LogP contribution in [0.4, 0.5) is 0 Å². The summed E-state index contributed by atoms with van der Waals surface area (Å²) in [5.41, 5.74) is 2.46. The Kier molecular flexibility index (Phi) is 2.83. The van der Waals surface area contributed by atoms with E-state index >= 15 is 0 Å². The van der Waals surface area contributed by atoms with E-state index in [1.807, 2.05) is 37.3 Å². The summed E-state index contributed by atoms with van der Waals surface area (Å²) in [5.74, 6) is 2.42. The average molecular weight is 265 g/mol. The van der Waals surface area contributed by atoms with Crippen molar-refractivity contribution in [3.05, 3.63) is 41.7 Å². The molecule has 0 radical (unpaired) electrons. The molecule has 4 nitrogen and oxygen atoms in total. The van der Waals surface area contributed by atoms with Crippen molar-refractivity contribution in [1.29, 1.82) is 5.26 Å². The van der Waals surface area contributed by atoms with Crippen LogP contribution in [0.1, 0.15) is 31.2 Å². The van der Waals surface area contributed by atoms with Gasteiger partial charge in [0.15, 0.2) is 11.6 Å². The number of furan rings is 1. The number of hydrogen-bond acceptors (Lipinski definition) is 3. The van der Waals surface area contributed by atoms with E-state index < -0.39 is 0 Å². The van der Waals surface area contributed by atoms with E-state index in [1.165, 1.54) is 0 Å². The molecule has 0 aliphatic heterocycles. The Balaban J connectivity index is 2.31. The van der Waals surface area contributed by atoms with E-state index in [2.05, 4.69) is 29.5 Å². The molecule has 3 aromatic rings. The Hall–Kier alpha value is -2.54. The number of benzene rings is 1. The van der Waals surface area contributed by atoms with Crippen LogP contribution in [0.3, 0.4) is 0 Å². The third kappa shape index (κ3) is 1.88. The summed E-state index contributed by atoms with van der Waals surface area (Å²) in [7, 11) is 0. The minimum Gasteiger partial charge on any atom is -0.458 e. The van der Waals surface area contributed by atoms with Gasteiger partial charge in [-0.2, -0.15) is 5.26 Å². The largest absolute Gasteiger partial charge is 0.458 e. The topological polar surface area (TPSA) is 54.8 Å². The molecule has 0 fully saturated rings. The zero-order valence-corrected chi connectivity index (χ0v) is 11.7. The molecule has 0 spiro atoms. The summed E-state index contributed by atoms with van der Waals surface area (Å²) in [6.07, 6.45) is 0. The Morgan fingerprint density at radius 3 is 2.65 bits per heavy atom. The van der Waals surface area contributed by atoms with Crippen LogP contribution in [0.15, 0.2) is 34.7 Å². The van der Waals surface area contributed by atoms with Gasteiger partial charge in [-0.25, -0.2) is 4.98 Å². The van der Waals surface area contributed by atoms with E-state index in [4.69, 9.17) is 9.68 Å². The molecule has 0 atom stereocenters. The zero-order valence-electron chi connectivity index (χ0n) is 11.7. The molecule has 0 saturated carbocycles. The molecule has 0 aliphatic rings. The van der Waals surface area contributed by atoms with Crippen LogP contribution in [0.5, 0.6) is 0 Å². The number of nitrogens with zero attached hydrogens (tertiary/aromatic N) is 3. The monoisotopic (exact) mass is 265 g/mol. The van der Waals surface area contributed by atoms with Crippen molar-refractivity contribution >= 4 is 11.0 Å². The molecule has 100 valence electrons. The first-order valence-electron chi connectivity index (χ1n) is 6.59. The first-order valence-corrected chi connectivity index (χ1v) is 6.59. The molecular weight excluding hydrogens is 250 g/mol. The molecule has 0 unspecified atom stereocenters. The highest BCUT2D eigenvalue weighted by Crippen LogP contribution is 2.29. The second-order valence-corrected chi connectivity index (χ2v) is 5.12. The van der Waals surface area contributed by atoms with Gasteiger partial charge < -0.3 is 8.98 Å². The SMILES string of the molecule is Cc1ccc(-c2nc3cc(C#N)ccc3n2C(C)C)o1. The molecule has 0 N–H and O–H groups in total. The second kappa shape index (κ2) is 4.53. The number of aryl methyl sites for hydroxylation is 1. The minimum atomic E-state index is 0.258. The second-order valence-electron chi connectivity index (χ2n) is 5.12. The Morgan fingerprint density at radius 2 is 2.05 bits per heavy atom. The predicted molar refractivity (Wildman–Crippen MR) is 77.3 cm³/mol. The average Bonchev–Trinajstić information content (AvgIpc) is 3.00. The summed E-state index contributed by atoms with van der Waals surface area (Å²) in [6, 6.07) is 11.8. The summed E-state index contributed by atoms with van der Waals surface area (Å²) < 4.78 is 7.83. The molecule has 3 rings (SSSR count). The molecule has 0 amide bonds. The van der Waals surface area contributed by atoms with Gasteiger partial charge in [0.25, 0.3) is 0 Å². The van der Waals surface area contributed by atoms with Gasteiger partial charge in [-0.1, -0.05) is 0 Å². The van der Waals surface area contributed by atoms with Crippen molar-refractivity contribution in [2.45, 2.75) is 26.8 Å². The number of hydrogen-bond donors (Lipinski definition) is 0. The normalized spacial score (nSPS) is 11.2. The first-order chi connectivity index (χ1) is 9.60. The third-order valence-electron chi connectivity index (χ3n) is 3.30. The van der Waals surface area contributed by atoms with Crippen molar-refractivity contribution in [3.63, 3.8) is 0 Å². The Morgan fingerprint density at radius 1 is 1.25 bits per heavy atom. The molecule has 4 heteroatoms. The van der Waals surface area contributed by atoms with E-state index in [-0.39, 0.29) is 6.04 Å². The highest BCUT2D eigenvalue weighted by atomic mass is 16.3. The maximum atomic E-state index is 9.00. The molecule has 0 aliphatic carbocycles. The van der Waals surface area contributed by atoms with Gasteiger partial charge >= 0.3 is 0 Å². The summed E-state index contributed by atoms with van der Waals surface area (Å²) in [5, 5.41) is 9.00. The van der Waals surface area contributed by atoms with E-state index in [1.54, 1.807) is 0 Å². The van der Waals surface area contributed by atoms with E-state index in [0.29, 0.717) is 5.56 Å². The Labute approximate surface area is 117 Å². The maximum Gasteiger partial charge on any atom is 0.177 e. The van der Waals surface area contributed by atoms with Gasteiger partial charge in [-0.3, -0.25) is 0 Å². The lowest BCUT2D eigenvalue weighted by Crippen LogP contribution is -2.02. The minimum absolute atomic E-state index is 0.258. The lowest BCUT2D eigenvalue weighted by atomic mass is 10.2. The van der Waals surface area contributed by atoms with Gasteiger partial charge in [0.2, 0.25) is 0 Å². The fraction of sp³-hybridized carbons (Fsp3) is 0.250. The fourth-order valence-electron chi connectivity index (χ4n) is 2.42. The maximum absolute atomic E-state index is 9.00. The van der Waals surface area contributed by atoms with E-state index in [9.17, 15) is 0 Å². The van der Waals surface area contributed by atoms with E-state index in [0.717, 1.165) is 28.4 Å². The van der Waals surface area contributed by atoms with Crippen molar-refractivity contribution < 1.29 is 4.42 Å². The molecular formula is C16H15N3O. The van der Waals surface area contributed by atoms with Gasteiger partial charge in [-0.15, -0.1) is 0 Å². The quantitative estimate of drug-likeness (QED) is 0.702. The highest BCUT2D eigenvalue weighted by molar-refractivity contribution is 5.81. The molecule has 2 aromatic heterocycles. The smallest absolute Gasteiger partial charge is 0.177 e. The van der Waals surface area contributed by atoms with Crippen LogP contribution in [0.2, 0.25) is 0 Å². The van der Waals surface area contributed by atoms with Gasteiger partial charge in [0.05, 0.1) is 22.7 Å². The Bertz CT molecular complexity index is 818. The lowest BCUT2D eigenvalue weighted by molar-refractivity contribution is 0.531. The number of imidazole rings is 1. The highest BCUT2D eigenvalue weighted by Gasteiger charge is 2.17. The predicted octanol–water partition coefficient (Wildman–Crippen LogP) is 4.06. The van der Waals surface area contributed by atoms with Gasteiger partial charge in [0.1, 0.15) is 5.76 Å². The van der Waals surface area contributed by atoms with Crippen molar-refractivity contribution in [2.75, 3.05) is 0 Å². The molecule has 0 saturated heterocycles. The molecule has 2 heterocycles. The van der Waals surface area contributed by atoms with Crippen LogP contribution in [0, 0.1) is 18.3 Å². The molecule has 1 aromatic carbocycles. The third-order valence-corrected chi connectivity index (χ3v) is 3.30.